The van der Waals surface area contributed by atoms with Gasteiger partial charge in [0.2, 0.25) is 4.80 Å². The van der Waals surface area contributed by atoms with Gasteiger partial charge in [0.15, 0.2) is 0 Å². The molecule has 0 amide bonds. The van der Waals surface area contributed by atoms with Crippen LogP contribution in [0.15, 0.2) is 57.8 Å². The van der Waals surface area contributed by atoms with E-state index in [4.69, 9.17) is 4.74 Å². The SMILES string of the molecule is CCCCc1ccc2c(c1)sc(=NS(=O)(=O)c1ccccc1)n2CC(=O)OC. The van der Waals surface area contributed by atoms with Crippen molar-refractivity contribution in [3.05, 3.63) is 58.9 Å². The van der Waals surface area contributed by atoms with E-state index in [0.29, 0.717) is 0 Å². The van der Waals surface area contributed by atoms with Crippen molar-refractivity contribution in [2.45, 2.75) is 37.6 Å². The number of hydrogen-bond donors (Lipinski definition) is 0. The summed E-state index contributed by atoms with van der Waals surface area (Å²) in [6.07, 6.45) is 3.13. The highest BCUT2D eigenvalue weighted by molar-refractivity contribution is 7.90. The third-order valence-electron chi connectivity index (χ3n) is 4.32. The fraction of sp³-hybridized carbons (Fsp3) is 0.300. The van der Waals surface area contributed by atoms with Crippen LogP contribution in [-0.4, -0.2) is 26.1 Å². The summed E-state index contributed by atoms with van der Waals surface area (Å²) in [6, 6.07) is 14.0. The lowest BCUT2D eigenvalue weighted by atomic mass is 10.1. The van der Waals surface area contributed by atoms with Crippen molar-refractivity contribution in [3.8, 4) is 0 Å². The van der Waals surface area contributed by atoms with Gasteiger partial charge in [0.05, 0.1) is 22.2 Å². The smallest absolute Gasteiger partial charge is 0.325 e. The zero-order valence-electron chi connectivity index (χ0n) is 15.8. The average Bonchev–Trinajstić information content (AvgIpc) is 3.02. The fourth-order valence-corrected chi connectivity index (χ4v) is 5.14. The van der Waals surface area contributed by atoms with Crippen LogP contribution in [0.5, 0.6) is 0 Å². The third kappa shape index (κ3) is 4.51. The lowest BCUT2D eigenvalue weighted by Crippen LogP contribution is -2.22. The molecule has 0 spiro atoms. The Balaban J connectivity index is 2.16. The first-order valence-electron chi connectivity index (χ1n) is 8.99. The normalized spacial score (nSPS) is 12.4. The van der Waals surface area contributed by atoms with Crippen molar-refractivity contribution in [2.75, 3.05) is 7.11 Å². The average molecular weight is 419 g/mol. The highest BCUT2D eigenvalue weighted by Crippen LogP contribution is 2.21. The van der Waals surface area contributed by atoms with Gasteiger partial charge < -0.3 is 9.30 Å². The molecule has 1 aromatic heterocycles. The Labute approximate surface area is 168 Å². The predicted octanol–water partition coefficient (Wildman–Crippen LogP) is 3.51. The van der Waals surface area contributed by atoms with Crippen LogP contribution >= 0.6 is 11.3 Å². The summed E-state index contributed by atoms with van der Waals surface area (Å²) in [5, 5.41) is 0. The number of benzene rings is 2. The topological polar surface area (TPSA) is 77.7 Å². The molecule has 0 saturated heterocycles. The molecule has 0 unspecified atom stereocenters. The lowest BCUT2D eigenvalue weighted by Gasteiger charge is -2.05. The van der Waals surface area contributed by atoms with Crippen molar-refractivity contribution in [3.63, 3.8) is 0 Å². The van der Waals surface area contributed by atoms with Crippen molar-refractivity contribution in [1.29, 1.82) is 0 Å². The van der Waals surface area contributed by atoms with E-state index < -0.39 is 16.0 Å². The van der Waals surface area contributed by atoms with Crippen molar-refractivity contribution in [2.24, 2.45) is 4.40 Å². The molecule has 3 aromatic rings. The van der Waals surface area contributed by atoms with Gasteiger partial charge in [-0.15, -0.1) is 4.40 Å². The van der Waals surface area contributed by atoms with E-state index >= 15 is 0 Å². The van der Waals surface area contributed by atoms with Gasteiger partial charge in [-0.3, -0.25) is 4.79 Å². The molecule has 0 aliphatic rings. The molecule has 148 valence electrons. The van der Waals surface area contributed by atoms with E-state index in [-0.39, 0.29) is 16.2 Å². The first-order chi connectivity index (χ1) is 13.4. The van der Waals surface area contributed by atoms with E-state index in [1.54, 1.807) is 22.8 Å². The van der Waals surface area contributed by atoms with Gasteiger partial charge in [-0.25, -0.2) is 0 Å². The molecule has 8 heteroatoms. The zero-order chi connectivity index (χ0) is 20.1. The number of nitrogens with zero attached hydrogens (tertiary/aromatic N) is 2. The van der Waals surface area contributed by atoms with E-state index in [9.17, 15) is 13.2 Å². The first kappa shape index (κ1) is 20.3. The van der Waals surface area contributed by atoms with Gasteiger partial charge in [0.1, 0.15) is 6.54 Å². The monoisotopic (exact) mass is 418 g/mol. The highest BCUT2D eigenvalue weighted by Gasteiger charge is 2.16. The number of unbranched alkanes of at least 4 members (excludes halogenated alkanes) is 1. The summed E-state index contributed by atoms with van der Waals surface area (Å²) in [4.78, 5) is 12.2. The summed E-state index contributed by atoms with van der Waals surface area (Å²) in [5.74, 6) is -0.465. The van der Waals surface area contributed by atoms with Crippen molar-refractivity contribution >= 4 is 37.5 Å². The van der Waals surface area contributed by atoms with Gasteiger partial charge >= 0.3 is 5.97 Å². The third-order valence-corrected chi connectivity index (χ3v) is 6.76. The van der Waals surface area contributed by atoms with Gasteiger partial charge in [-0.05, 0) is 42.7 Å². The van der Waals surface area contributed by atoms with Crippen LogP contribution in [-0.2, 0) is 32.5 Å². The van der Waals surface area contributed by atoms with Gasteiger partial charge in [0, 0.05) is 0 Å². The summed E-state index contributed by atoms with van der Waals surface area (Å²) in [5.41, 5.74) is 1.94. The predicted molar refractivity (Wildman–Crippen MR) is 110 cm³/mol. The van der Waals surface area contributed by atoms with Crippen molar-refractivity contribution in [1.82, 2.24) is 4.57 Å². The largest absolute Gasteiger partial charge is 0.468 e. The number of fused-ring (bicyclic) bond motifs is 1. The van der Waals surface area contributed by atoms with Crippen molar-refractivity contribution < 1.29 is 17.9 Å². The molecule has 3 rings (SSSR count). The van der Waals surface area contributed by atoms with Gasteiger partial charge in [-0.1, -0.05) is 48.9 Å². The number of aryl methyl sites for hydroxylation is 1. The molecule has 1 heterocycles. The second-order valence-corrected chi connectivity index (χ2v) is 8.95. The van der Waals surface area contributed by atoms with E-state index in [0.717, 1.165) is 29.5 Å². The van der Waals surface area contributed by atoms with E-state index in [2.05, 4.69) is 11.3 Å². The van der Waals surface area contributed by atoms with Crippen LogP contribution in [0.2, 0.25) is 0 Å². The molecule has 0 aliphatic heterocycles. The summed E-state index contributed by atoms with van der Waals surface area (Å²) >= 11 is 1.25. The summed E-state index contributed by atoms with van der Waals surface area (Å²) in [7, 11) is -2.58. The maximum Gasteiger partial charge on any atom is 0.325 e. The molecule has 28 heavy (non-hydrogen) atoms. The van der Waals surface area contributed by atoms with E-state index in [1.807, 2.05) is 18.2 Å². The Bertz CT molecular complexity index is 1150. The number of carbonyl (C=O) groups is 1. The Morgan fingerprint density at radius 2 is 1.93 bits per heavy atom. The first-order valence-corrected chi connectivity index (χ1v) is 11.3. The zero-order valence-corrected chi connectivity index (χ0v) is 17.4. The lowest BCUT2D eigenvalue weighted by molar-refractivity contribution is -0.141. The standard InChI is InChI=1S/C20H22N2O4S2/c1-3-4-8-15-11-12-17-18(13-15)27-20(22(17)14-19(23)26-2)21-28(24,25)16-9-6-5-7-10-16/h5-7,9-13H,3-4,8,14H2,1-2H3. The highest BCUT2D eigenvalue weighted by atomic mass is 32.2. The molecule has 0 saturated carbocycles. The minimum absolute atomic E-state index is 0.103. The molecule has 0 atom stereocenters. The van der Waals surface area contributed by atoms with Gasteiger partial charge in [0.25, 0.3) is 10.0 Å². The number of carbonyl (C=O) groups excluding carboxylic acids is 1. The van der Waals surface area contributed by atoms with Gasteiger partial charge in [-0.2, -0.15) is 8.42 Å². The summed E-state index contributed by atoms with van der Waals surface area (Å²) in [6.45, 7) is 2.04. The number of hydrogen-bond acceptors (Lipinski definition) is 5. The molecule has 0 fully saturated rings. The Kier molecular flexibility index (Phi) is 6.31. The Morgan fingerprint density at radius 1 is 1.18 bits per heavy atom. The fourth-order valence-electron chi connectivity index (χ4n) is 2.82. The Morgan fingerprint density at radius 3 is 2.61 bits per heavy atom. The van der Waals surface area contributed by atoms with E-state index in [1.165, 1.54) is 36.1 Å². The molecule has 0 radical (unpaired) electrons. The number of esters is 1. The quantitative estimate of drug-likeness (QED) is 0.550. The molecule has 0 bridgehead atoms. The molecule has 6 nitrogen and oxygen atoms in total. The second kappa shape index (κ2) is 8.70. The van der Waals surface area contributed by atoms with Crippen LogP contribution in [0.4, 0.5) is 0 Å². The maximum atomic E-state index is 12.7. The number of ether oxygens (including phenoxy) is 1. The molecule has 0 N–H and O–H groups in total. The number of sulfonamides is 1. The number of thiazole rings is 1. The minimum Gasteiger partial charge on any atom is -0.468 e. The molecular weight excluding hydrogens is 396 g/mol. The van der Waals surface area contributed by atoms with Crippen LogP contribution in [0.25, 0.3) is 10.2 Å². The minimum atomic E-state index is -3.89. The molecule has 0 aliphatic carbocycles. The number of methoxy groups -OCH3 is 1. The number of aromatic nitrogens is 1. The van der Waals surface area contributed by atoms with Crippen LogP contribution in [0.3, 0.4) is 0 Å². The number of rotatable bonds is 7. The second-order valence-electron chi connectivity index (χ2n) is 6.33. The van der Waals surface area contributed by atoms with Crippen LogP contribution in [0.1, 0.15) is 25.3 Å². The summed E-state index contributed by atoms with van der Waals surface area (Å²) < 4.78 is 36.7. The molecular formula is C20H22N2O4S2. The van der Waals surface area contributed by atoms with Crippen LogP contribution in [0, 0.1) is 0 Å². The Hall–Kier alpha value is -2.45. The molecule has 2 aromatic carbocycles. The maximum absolute atomic E-state index is 12.7. The van der Waals surface area contributed by atoms with Crippen LogP contribution < -0.4 is 4.80 Å².